The van der Waals surface area contributed by atoms with Gasteiger partial charge in [0.15, 0.2) is 0 Å². The van der Waals surface area contributed by atoms with Gasteiger partial charge in [0, 0.05) is 37.0 Å². The second-order valence-electron chi connectivity index (χ2n) is 7.66. The third kappa shape index (κ3) is 5.18. The summed E-state index contributed by atoms with van der Waals surface area (Å²) in [6, 6.07) is 7.34. The second-order valence-corrected chi connectivity index (χ2v) is 8.07. The number of methoxy groups -OCH3 is 1. The van der Waals surface area contributed by atoms with Crippen molar-refractivity contribution in [2.45, 2.75) is 12.5 Å². The highest BCUT2D eigenvalue weighted by atomic mass is 35.5. The van der Waals surface area contributed by atoms with Crippen LogP contribution in [-0.2, 0) is 9.53 Å². The summed E-state index contributed by atoms with van der Waals surface area (Å²) in [7, 11) is 3.12. The molecule has 1 aromatic heterocycles. The van der Waals surface area contributed by atoms with E-state index >= 15 is 0 Å². The molecule has 2 aromatic carbocycles. The summed E-state index contributed by atoms with van der Waals surface area (Å²) in [5.74, 6) is -1.76. The molecule has 1 aliphatic rings. The van der Waals surface area contributed by atoms with Crippen LogP contribution in [-0.4, -0.2) is 54.2 Å². The van der Waals surface area contributed by atoms with Crippen LogP contribution in [0.5, 0.6) is 5.75 Å². The van der Waals surface area contributed by atoms with E-state index in [-0.39, 0.29) is 16.8 Å². The number of aromatic nitrogens is 2. The van der Waals surface area contributed by atoms with Crippen LogP contribution in [0.25, 0.3) is 10.9 Å². The fraction of sp³-hybridized carbons (Fsp3) is 0.261. The van der Waals surface area contributed by atoms with Gasteiger partial charge in [-0.3, -0.25) is 4.79 Å². The fourth-order valence-electron chi connectivity index (χ4n) is 3.53. The fourth-order valence-corrected chi connectivity index (χ4v) is 3.71. The zero-order chi connectivity index (χ0) is 24.2. The number of hydrogen-bond donors (Lipinski definition) is 2. The third-order valence-corrected chi connectivity index (χ3v) is 5.69. The number of benzene rings is 2. The molecular weight excluding hydrogens is 468 g/mol. The first-order valence-corrected chi connectivity index (χ1v) is 10.8. The Labute approximate surface area is 199 Å². The highest BCUT2D eigenvalue weighted by Gasteiger charge is 2.21. The highest BCUT2D eigenvalue weighted by Crippen LogP contribution is 2.34. The average Bonchev–Trinajstić information content (AvgIpc) is 3.36. The monoisotopic (exact) mass is 489 g/mol. The predicted octanol–water partition coefficient (Wildman–Crippen LogP) is 4.64. The lowest BCUT2D eigenvalue weighted by Gasteiger charge is -2.20. The molecule has 1 fully saturated rings. The van der Waals surface area contributed by atoms with Crippen LogP contribution in [0, 0.1) is 5.82 Å². The SMILES string of the molecule is COc1cc2ncnc(Nc3ccc(F)c(Cl)c3)c2cc1NC(=O)/C(F)=C\N(C)C1CCOC1. The molecule has 0 bridgehead atoms. The first-order valence-electron chi connectivity index (χ1n) is 10.4. The summed E-state index contributed by atoms with van der Waals surface area (Å²) in [6.45, 7) is 1.09. The molecule has 0 aliphatic carbocycles. The summed E-state index contributed by atoms with van der Waals surface area (Å²) in [6.07, 6.45) is 3.25. The van der Waals surface area contributed by atoms with Gasteiger partial charge in [-0.1, -0.05) is 11.6 Å². The number of likely N-dealkylation sites (N-methyl/N-ethyl adjacent to an activating group) is 1. The quantitative estimate of drug-likeness (QED) is 0.467. The summed E-state index contributed by atoms with van der Waals surface area (Å²) in [4.78, 5) is 22.6. The van der Waals surface area contributed by atoms with E-state index in [1.807, 2.05) is 0 Å². The van der Waals surface area contributed by atoms with E-state index in [0.29, 0.717) is 41.4 Å². The Kier molecular flexibility index (Phi) is 7.09. The maximum atomic E-state index is 14.6. The molecule has 0 saturated carbocycles. The Morgan fingerprint density at radius 1 is 1.32 bits per heavy atom. The van der Waals surface area contributed by atoms with E-state index in [9.17, 15) is 13.6 Å². The number of carbonyl (C=O) groups excluding carboxylic acids is 1. The average molecular weight is 490 g/mol. The van der Waals surface area contributed by atoms with Gasteiger partial charge in [0.2, 0.25) is 5.83 Å². The maximum Gasteiger partial charge on any atom is 0.286 e. The van der Waals surface area contributed by atoms with Gasteiger partial charge >= 0.3 is 0 Å². The van der Waals surface area contributed by atoms with Crippen molar-refractivity contribution in [3.05, 3.63) is 59.5 Å². The molecule has 0 radical (unpaired) electrons. The number of nitrogens with zero attached hydrogens (tertiary/aromatic N) is 3. The van der Waals surface area contributed by atoms with Gasteiger partial charge < -0.3 is 25.0 Å². The van der Waals surface area contributed by atoms with E-state index in [1.165, 1.54) is 31.6 Å². The van der Waals surface area contributed by atoms with Crippen molar-refractivity contribution in [1.29, 1.82) is 0 Å². The largest absolute Gasteiger partial charge is 0.494 e. The molecular formula is C23H22ClF2N5O3. The van der Waals surface area contributed by atoms with Gasteiger partial charge in [-0.25, -0.2) is 14.4 Å². The molecule has 1 saturated heterocycles. The lowest BCUT2D eigenvalue weighted by molar-refractivity contribution is -0.114. The van der Waals surface area contributed by atoms with Crippen molar-refractivity contribution in [2.24, 2.45) is 0 Å². The van der Waals surface area contributed by atoms with Crippen LogP contribution < -0.4 is 15.4 Å². The number of carbonyl (C=O) groups is 1. The van der Waals surface area contributed by atoms with Gasteiger partial charge in [0.05, 0.1) is 36.0 Å². The molecule has 8 nitrogen and oxygen atoms in total. The molecule has 2 N–H and O–H groups in total. The molecule has 1 amide bonds. The molecule has 34 heavy (non-hydrogen) atoms. The molecule has 4 rings (SSSR count). The zero-order valence-corrected chi connectivity index (χ0v) is 19.2. The smallest absolute Gasteiger partial charge is 0.286 e. The Balaban J connectivity index is 1.62. The molecule has 0 spiro atoms. The molecule has 3 aromatic rings. The standard InChI is InChI=1S/C23H22ClF2N5O3/c1-31(14-5-6-34-11-14)10-18(26)23(32)30-20-8-15-19(9-21(20)33-2)27-12-28-22(15)29-13-3-4-17(25)16(24)7-13/h3-4,7-10,12,14H,5-6,11H2,1-2H3,(H,30,32)(H,27,28,29)/b18-10+. The Morgan fingerprint density at radius 2 is 2.15 bits per heavy atom. The number of ether oxygens (including phenoxy) is 2. The Morgan fingerprint density at radius 3 is 2.85 bits per heavy atom. The summed E-state index contributed by atoms with van der Waals surface area (Å²) in [5, 5.41) is 6.06. The van der Waals surface area contributed by atoms with Crippen molar-refractivity contribution in [2.75, 3.05) is 38.0 Å². The molecule has 1 unspecified atom stereocenters. The number of amides is 1. The number of halogens is 3. The van der Waals surface area contributed by atoms with Crippen molar-refractivity contribution < 1.29 is 23.0 Å². The molecule has 2 heterocycles. The molecule has 178 valence electrons. The molecule has 1 aliphatic heterocycles. The van der Waals surface area contributed by atoms with Crippen LogP contribution in [0.1, 0.15) is 6.42 Å². The minimum atomic E-state index is -0.958. The predicted molar refractivity (Wildman–Crippen MR) is 126 cm³/mol. The van der Waals surface area contributed by atoms with Gasteiger partial charge in [-0.2, -0.15) is 4.39 Å². The normalized spacial score (nSPS) is 15.9. The first-order chi connectivity index (χ1) is 16.4. The lowest BCUT2D eigenvalue weighted by Crippen LogP contribution is -2.28. The van der Waals surface area contributed by atoms with Crippen molar-refractivity contribution in [3.63, 3.8) is 0 Å². The number of hydrogen-bond acceptors (Lipinski definition) is 7. The van der Waals surface area contributed by atoms with Gasteiger partial charge in [-0.15, -0.1) is 0 Å². The van der Waals surface area contributed by atoms with Crippen molar-refractivity contribution >= 4 is 45.6 Å². The van der Waals surface area contributed by atoms with Gasteiger partial charge in [-0.05, 0) is 30.7 Å². The van der Waals surface area contributed by atoms with Crippen molar-refractivity contribution in [1.82, 2.24) is 14.9 Å². The Hall–Kier alpha value is -3.50. The van der Waals surface area contributed by atoms with Crippen LogP contribution in [0.3, 0.4) is 0 Å². The topological polar surface area (TPSA) is 88.6 Å². The number of rotatable bonds is 7. The van der Waals surface area contributed by atoms with E-state index in [4.69, 9.17) is 21.1 Å². The minimum Gasteiger partial charge on any atom is -0.494 e. The summed E-state index contributed by atoms with van der Waals surface area (Å²) >= 11 is 5.86. The van der Waals surface area contributed by atoms with Gasteiger partial charge in [0.25, 0.3) is 5.91 Å². The van der Waals surface area contributed by atoms with Crippen LogP contribution in [0.2, 0.25) is 5.02 Å². The van der Waals surface area contributed by atoms with E-state index in [0.717, 1.165) is 12.6 Å². The third-order valence-electron chi connectivity index (χ3n) is 5.40. The Bertz CT molecular complexity index is 1250. The van der Waals surface area contributed by atoms with E-state index in [1.54, 1.807) is 24.1 Å². The van der Waals surface area contributed by atoms with E-state index in [2.05, 4.69) is 20.6 Å². The van der Waals surface area contributed by atoms with Crippen LogP contribution in [0.4, 0.5) is 26.0 Å². The summed E-state index contributed by atoms with van der Waals surface area (Å²) < 4.78 is 38.8. The number of fused-ring (bicyclic) bond motifs is 1. The number of nitrogens with one attached hydrogen (secondary N) is 2. The van der Waals surface area contributed by atoms with Crippen LogP contribution in [0.15, 0.2) is 48.7 Å². The highest BCUT2D eigenvalue weighted by molar-refractivity contribution is 6.31. The zero-order valence-electron chi connectivity index (χ0n) is 18.4. The maximum absolute atomic E-state index is 14.6. The van der Waals surface area contributed by atoms with E-state index < -0.39 is 17.6 Å². The molecule has 11 heteroatoms. The van der Waals surface area contributed by atoms with Gasteiger partial charge in [0.1, 0.15) is 23.7 Å². The van der Waals surface area contributed by atoms with Crippen LogP contribution >= 0.6 is 11.6 Å². The molecule has 1 atom stereocenters. The first kappa shape index (κ1) is 23.7. The summed E-state index contributed by atoms with van der Waals surface area (Å²) in [5.41, 5.74) is 1.24. The second kappa shape index (κ2) is 10.2. The number of anilines is 3. The lowest BCUT2D eigenvalue weighted by atomic mass is 10.1. The minimum absolute atomic E-state index is 0.0134. The van der Waals surface area contributed by atoms with Crippen molar-refractivity contribution in [3.8, 4) is 5.75 Å².